The maximum absolute atomic E-state index is 14.2. The second-order valence-electron chi connectivity index (χ2n) is 7.45. The molecule has 0 saturated heterocycles. The number of nitrogens with two attached hydrogens (primary N) is 1. The van der Waals surface area contributed by atoms with E-state index in [-0.39, 0.29) is 11.6 Å². The number of benzene rings is 1. The highest BCUT2D eigenvalue weighted by atomic mass is 19.1. The smallest absolute Gasteiger partial charge is 0.166 e. The summed E-state index contributed by atoms with van der Waals surface area (Å²) in [6, 6.07) is 8.47. The number of nitrogens with zero attached hydrogens (tertiary/aromatic N) is 6. The summed E-state index contributed by atoms with van der Waals surface area (Å²) < 4.78 is 23.7. The molecular weight excluding hydrogens is 397 g/mol. The monoisotopic (exact) mass is 415 g/mol. The van der Waals surface area contributed by atoms with Gasteiger partial charge >= 0.3 is 0 Å². The zero-order valence-corrected chi connectivity index (χ0v) is 16.9. The molecule has 31 heavy (non-hydrogen) atoms. The van der Waals surface area contributed by atoms with Gasteiger partial charge < -0.3 is 10.5 Å². The highest BCUT2D eigenvalue weighted by Gasteiger charge is 2.24. The molecule has 3 aromatic heterocycles. The lowest BCUT2D eigenvalue weighted by atomic mass is 9.97. The lowest BCUT2D eigenvalue weighted by molar-refractivity contribution is 0.227. The van der Waals surface area contributed by atoms with Crippen molar-refractivity contribution in [2.45, 2.75) is 19.6 Å². The van der Waals surface area contributed by atoms with Crippen LogP contribution >= 0.6 is 0 Å². The maximum Gasteiger partial charge on any atom is 0.166 e. The van der Waals surface area contributed by atoms with E-state index in [0.29, 0.717) is 40.4 Å². The number of aryl methyl sites for hydroxylation is 1. The van der Waals surface area contributed by atoms with Crippen molar-refractivity contribution in [1.82, 2.24) is 24.5 Å². The van der Waals surface area contributed by atoms with Crippen LogP contribution in [-0.2, 0) is 13.6 Å². The summed E-state index contributed by atoms with van der Waals surface area (Å²) in [6.07, 6.45) is 4.47. The van der Waals surface area contributed by atoms with Crippen molar-refractivity contribution >= 4 is 5.82 Å². The number of pyridine rings is 1. The summed E-state index contributed by atoms with van der Waals surface area (Å²) in [5.74, 6) is 0.180. The molecule has 4 aromatic rings. The molecule has 1 aromatic carbocycles. The van der Waals surface area contributed by atoms with E-state index >= 15 is 0 Å². The molecule has 4 heterocycles. The topological polar surface area (TPSA) is 108 Å². The van der Waals surface area contributed by atoms with Crippen molar-refractivity contribution in [3.63, 3.8) is 0 Å². The first-order valence-electron chi connectivity index (χ1n) is 9.65. The lowest BCUT2D eigenvalue weighted by Gasteiger charge is -2.21. The molecule has 0 amide bonds. The number of ether oxygens (including phenoxy) is 1. The Morgan fingerprint density at radius 3 is 2.94 bits per heavy atom. The van der Waals surface area contributed by atoms with Gasteiger partial charge in [-0.15, -0.1) is 0 Å². The predicted octanol–water partition coefficient (Wildman–Crippen LogP) is 3.44. The maximum atomic E-state index is 14.2. The van der Waals surface area contributed by atoms with Gasteiger partial charge in [-0.05, 0) is 31.2 Å². The Balaban J connectivity index is 1.82. The van der Waals surface area contributed by atoms with Crippen LogP contribution in [0.2, 0.25) is 0 Å². The Morgan fingerprint density at radius 1 is 1.29 bits per heavy atom. The standard InChI is InChI=1S/C22H18FN7O/c1-12-18-6-16(23)3-4-17(18)20-15(10-29(2)28-20)11-30-21(14(7-24)9-27-30)13-5-19(31-12)22(25)26-8-13/h3-6,8-10,12H,11H2,1-2H3,(H2,25,26). The van der Waals surface area contributed by atoms with E-state index in [0.717, 1.165) is 11.1 Å². The van der Waals surface area contributed by atoms with E-state index in [2.05, 4.69) is 21.3 Å². The van der Waals surface area contributed by atoms with Crippen molar-refractivity contribution in [2.75, 3.05) is 5.73 Å². The second kappa shape index (κ2) is 6.95. The fourth-order valence-corrected chi connectivity index (χ4v) is 3.95. The number of hydrogen-bond acceptors (Lipinski definition) is 6. The van der Waals surface area contributed by atoms with E-state index in [1.807, 2.05) is 20.2 Å². The number of aromatic nitrogens is 5. The number of rotatable bonds is 0. The Hall–Kier alpha value is -4.19. The van der Waals surface area contributed by atoms with E-state index in [4.69, 9.17) is 10.5 Å². The molecule has 8 nitrogen and oxygen atoms in total. The Bertz CT molecular complexity index is 1360. The first kappa shape index (κ1) is 18.8. The fraction of sp³-hybridized carbons (Fsp3) is 0.182. The van der Waals surface area contributed by atoms with Gasteiger partial charge in [-0.2, -0.15) is 15.5 Å². The van der Waals surface area contributed by atoms with Gasteiger partial charge in [0.2, 0.25) is 0 Å². The summed E-state index contributed by atoms with van der Waals surface area (Å²) in [6.45, 7) is 2.19. The van der Waals surface area contributed by atoms with Crippen molar-refractivity contribution in [3.8, 4) is 34.3 Å². The van der Waals surface area contributed by atoms with Gasteiger partial charge in [0.1, 0.15) is 18.0 Å². The molecular formula is C22H18FN7O. The molecule has 2 N–H and O–H groups in total. The van der Waals surface area contributed by atoms with Gasteiger partial charge in [-0.1, -0.05) is 0 Å². The molecule has 0 saturated carbocycles. The second-order valence-corrected chi connectivity index (χ2v) is 7.45. The Labute approximate surface area is 177 Å². The predicted molar refractivity (Wildman–Crippen MR) is 111 cm³/mol. The third-order valence-electron chi connectivity index (χ3n) is 5.35. The van der Waals surface area contributed by atoms with Crippen molar-refractivity contribution in [1.29, 1.82) is 5.26 Å². The van der Waals surface area contributed by atoms with Crippen LogP contribution in [0.25, 0.3) is 22.5 Å². The quantitative estimate of drug-likeness (QED) is 0.471. The first-order chi connectivity index (χ1) is 14.9. The van der Waals surface area contributed by atoms with Gasteiger partial charge in [0, 0.05) is 41.7 Å². The van der Waals surface area contributed by atoms with Crippen LogP contribution < -0.4 is 10.5 Å². The summed E-state index contributed by atoms with van der Waals surface area (Å²) in [4.78, 5) is 4.25. The highest BCUT2D eigenvalue weighted by Crippen LogP contribution is 2.37. The van der Waals surface area contributed by atoms with Gasteiger partial charge in [-0.25, -0.2) is 9.37 Å². The Kier molecular flexibility index (Phi) is 4.22. The summed E-state index contributed by atoms with van der Waals surface area (Å²) in [5, 5.41) is 18.7. The summed E-state index contributed by atoms with van der Waals surface area (Å²) >= 11 is 0. The van der Waals surface area contributed by atoms with Crippen LogP contribution in [0.15, 0.2) is 42.9 Å². The highest BCUT2D eigenvalue weighted by molar-refractivity contribution is 5.71. The molecule has 0 aliphatic carbocycles. The minimum Gasteiger partial charge on any atom is -0.482 e. The molecule has 5 rings (SSSR count). The third-order valence-corrected chi connectivity index (χ3v) is 5.35. The SMILES string of the molecule is CC1Oc2cc(cnc2N)-c2c(C#N)cnn2Cc2cn(C)nc2-c2ccc(F)cc21. The first-order valence-corrected chi connectivity index (χ1v) is 9.65. The van der Waals surface area contributed by atoms with E-state index in [9.17, 15) is 9.65 Å². The summed E-state index contributed by atoms with van der Waals surface area (Å²) in [5.41, 5.74) is 10.7. The van der Waals surface area contributed by atoms with Crippen LogP contribution in [0.4, 0.5) is 10.2 Å². The van der Waals surface area contributed by atoms with E-state index in [1.165, 1.54) is 18.3 Å². The average molecular weight is 415 g/mol. The summed E-state index contributed by atoms with van der Waals surface area (Å²) in [7, 11) is 1.83. The van der Waals surface area contributed by atoms with Crippen molar-refractivity contribution in [2.24, 2.45) is 7.05 Å². The number of nitriles is 1. The normalized spacial score (nSPS) is 14.8. The van der Waals surface area contributed by atoms with Gasteiger partial charge in [0.25, 0.3) is 0 Å². The number of halogens is 1. The van der Waals surface area contributed by atoms with Gasteiger partial charge in [0.05, 0.1) is 29.7 Å². The molecule has 1 atom stereocenters. The van der Waals surface area contributed by atoms with E-state index < -0.39 is 6.10 Å². The minimum absolute atomic E-state index is 0.203. The number of hydrogen-bond donors (Lipinski definition) is 1. The van der Waals surface area contributed by atoms with Gasteiger partial charge in [-0.3, -0.25) is 9.36 Å². The molecule has 1 unspecified atom stereocenters. The molecule has 154 valence electrons. The van der Waals surface area contributed by atoms with E-state index in [1.54, 1.807) is 27.7 Å². The zero-order chi connectivity index (χ0) is 21.7. The molecule has 0 radical (unpaired) electrons. The van der Waals surface area contributed by atoms with Crippen LogP contribution in [-0.4, -0.2) is 24.5 Å². The van der Waals surface area contributed by atoms with Crippen LogP contribution in [0.1, 0.15) is 29.7 Å². The molecule has 1 aliphatic rings. The average Bonchev–Trinajstić information content (AvgIpc) is 3.32. The molecule has 1 aliphatic heterocycles. The Morgan fingerprint density at radius 2 is 2.13 bits per heavy atom. The lowest BCUT2D eigenvalue weighted by Crippen LogP contribution is -2.11. The third kappa shape index (κ3) is 3.09. The minimum atomic E-state index is -0.528. The number of fused-ring (bicyclic) bond motifs is 7. The van der Waals surface area contributed by atoms with Crippen LogP contribution in [0, 0.1) is 17.1 Å². The van der Waals surface area contributed by atoms with Crippen LogP contribution in [0.5, 0.6) is 5.75 Å². The molecule has 0 fully saturated rings. The fourth-order valence-electron chi connectivity index (χ4n) is 3.95. The van der Waals surface area contributed by atoms with Crippen molar-refractivity contribution < 1.29 is 9.13 Å². The number of anilines is 1. The molecule has 2 bridgehead atoms. The zero-order valence-electron chi connectivity index (χ0n) is 16.9. The van der Waals surface area contributed by atoms with Gasteiger partial charge in [0.15, 0.2) is 11.6 Å². The number of nitrogen functional groups attached to an aromatic ring is 1. The molecule has 9 heteroatoms. The molecule has 0 spiro atoms. The van der Waals surface area contributed by atoms with Crippen LogP contribution in [0.3, 0.4) is 0 Å². The largest absolute Gasteiger partial charge is 0.482 e. The van der Waals surface area contributed by atoms with Crippen molar-refractivity contribution in [3.05, 3.63) is 65.4 Å².